The van der Waals surface area contributed by atoms with Gasteiger partial charge in [0.15, 0.2) is 0 Å². The van der Waals surface area contributed by atoms with E-state index in [1.165, 1.54) is 42.6 Å². The molecule has 6 nitrogen and oxygen atoms in total. The Kier molecular flexibility index (Phi) is 6.14. The summed E-state index contributed by atoms with van der Waals surface area (Å²) in [5, 5.41) is 2.57. The average molecular weight is 434 g/mol. The summed E-state index contributed by atoms with van der Waals surface area (Å²) >= 11 is 5.74. The molecule has 0 aliphatic rings. The SMILES string of the molecule is Cc1ccncc1NS(=O)(=O)c1ccccc1C(=O)NCc1ccc(F)c(Cl)c1. The molecule has 0 fully saturated rings. The van der Waals surface area contributed by atoms with Gasteiger partial charge >= 0.3 is 0 Å². The van der Waals surface area contributed by atoms with E-state index in [9.17, 15) is 17.6 Å². The van der Waals surface area contributed by atoms with Gasteiger partial charge in [-0.15, -0.1) is 0 Å². The van der Waals surface area contributed by atoms with Gasteiger partial charge in [0.05, 0.1) is 22.5 Å². The Labute approximate surface area is 172 Å². The number of sulfonamides is 1. The second kappa shape index (κ2) is 8.59. The van der Waals surface area contributed by atoms with Crippen molar-refractivity contribution in [3.63, 3.8) is 0 Å². The highest BCUT2D eigenvalue weighted by atomic mass is 35.5. The Morgan fingerprint density at radius 2 is 1.93 bits per heavy atom. The van der Waals surface area contributed by atoms with Crippen molar-refractivity contribution in [1.82, 2.24) is 10.3 Å². The number of benzene rings is 2. The van der Waals surface area contributed by atoms with Gasteiger partial charge in [0.1, 0.15) is 10.7 Å². The Morgan fingerprint density at radius 1 is 1.17 bits per heavy atom. The van der Waals surface area contributed by atoms with Crippen LogP contribution in [-0.2, 0) is 16.6 Å². The maximum atomic E-state index is 13.3. The molecular formula is C20H17ClFN3O3S. The number of carbonyl (C=O) groups is 1. The number of halogens is 2. The number of hydrogen-bond acceptors (Lipinski definition) is 4. The van der Waals surface area contributed by atoms with Gasteiger partial charge in [-0.2, -0.15) is 0 Å². The highest BCUT2D eigenvalue weighted by Crippen LogP contribution is 2.22. The van der Waals surface area contributed by atoms with Crippen LogP contribution in [0.5, 0.6) is 0 Å². The molecule has 1 amide bonds. The number of hydrogen-bond donors (Lipinski definition) is 2. The first-order valence-electron chi connectivity index (χ1n) is 8.52. The lowest BCUT2D eigenvalue weighted by Gasteiger charge is -2.13. The van der Waals surface area contributed by atoms with E-state index in [0.717, 1.165) is 0 Å². The van der Waals surface area contributed by atoms with E-state index >= 15 is 0 Å². The maximum Gasteiger partial charge on any atom is 0.262 e. The number of aryl methyl sites for hydroxylation is 1. The van der Waals surface area contributed by atoms with Crippen LogP contribution in [0.1, 0.15) is 21.5 Å². The molecule has 0 aliphatic heterocycles. The number of nitrogens with one attached hydrogen (secondary N) is 2. The standard InChI is InChI=1S/C20H17ClFN3O3S/c1-13-8-9-23-12-18(13)25-29(27,28)19-5-3-2-4-15(19)20(26)24-11-14-6-7-17(22)16(21)10-14/h2-10,12,25H,11H2,1H3,(H,24,26). The molecule has 3 rings (SSSR count). The summed E-state index contributed by atoms with van der Waals surface area (Å²) in [4.78, 5) is 16.4. The molecule has 9 heteroatoms. The molecule has 0 saturated heterocycles. The predicted molar refractivity (Wildman–Crippen MR) is 109 cm³/mol. The molecule has 1 heterocycles. The van der Waals surface area contributed by atoms with E-state index in [1.54, 1.807) is 25.3 Å². The second-order valence-electron chi connectivity index (χ2n) is 6.22. The van der Waals surface area contributed by atoms with E-state index in [0.29, 0.717) is 16.8 Å². The molecule has 0 spiro atoms. The van der Waals surface area contributed by atoms with Crippen molar-refractivity contribution in [3.05, 3.63) is 88.5 Å². The van der Waals surface area contributed by atoms with E-state index in [2.05, 4.69) is 15.0 Å². The summed E-state index contributed by atoms with van der Waals surface area (Å²) in [6.45, 7) is 1.80. The molecule has 2 aromatic carbocycles. The summed E-state index contributed by atoms with van der Waals surface area (Å²) in [5.74, 6) is -1.15. The first kappa shape index (κ1) is 20.8. The van der Waals surface area contributed by atoms with Gasteiger partial charge in [-0.3, -0.25) is 14.5 Å². The van der Waals surface area contributed by atoms with Crippen molar-refractivity contribution in [3.8, 4) is 0 Å². The molecule has 29 heavy (non-hydrogen) atoms. The number of rotatable bonds is 6. The third kappa shape index (κ3) is 4.90. The minimum atomic E-state index is -4.03. The largest absolute Gasteiger partial charge is 0.348 e. The Morgan fingerprint density at radius 3 is 2.66 bits per heavy atom. The molecule has 0 bridgehead atoms. The predicted octanol–water partition coefficient (Wildman–Crippen LogP) is 3.91. The quantitative estimate of drug-likeness (QED) is 0.616. The van der Waals surface area contributed by atoms with Crippen molar-refractivity contribution in [2.45, 2.75) is 18.4 Å². The number of pyridine rings is 1. The van der Waals surface area contributed by atoms with E-state index in [4.69, 9.17) is 11.6 Å². The number of carbonyl (C=O) groups excluding carboxylic acids is 1. The van der Waals surface area contributed by atoms with Crippen molar-refractivity contribution in [2.75, 3.05) is 4.72 Å². The third-order valence-electron chi connectivity index (χ3n) is 4.14. The molecule has 0 aliphatic carbocycles. The second-order valence-corrected chi connectivity index (χ2v) is 8.28. The molecule has 1 aromatic heterocycles. The highest BCUT2D eigenvalue weighted by molar-refractivity contribution is 7.92. The molecule has 0 saturated carbocycles. The molecule has 2 N–H and O–H groups in total. The number of aromatic nitrogens is 1. The van der Waals surface area contributed by atoms with Gasteiger partial charge in [-0.05, 0) is 48.4 Å². The summed E-state index contributed by atoms with van der Waals surface area (Å²) in [6, 6.07) is 11.6. The smallest absolute Gasteiger partial charge is 0.262 e. The van der Waals surface area contributed by atoms with Crippen LogP contribution in [-0.4, -0.2) is 19.3 Å². The molecule has 0 unspecified atom stereocenters. The van der Waals surface area contributed by atoms with Crippen LogP contribution in [0.25, 0.3) is 0 Å². The van der Waals surface area contributed by atoms with Crippen LogP contribution < -0.4 is 10.0 Å². The molecule has 150 valence electrons. The first-order chi connectivity index (χ1) is 13.8. The van der Waals surface area contributed by atoms with Crippen molar-refractivity contribution < 1.29 is 17.6 Å². The van der Waals surface area contributed by atoms with Crippen LogP contribution >= 0.6 is 11.6 Å². The van der Waals surface area contributed by atoms with Crippen molar-refractivity contribution >= 4 is 33.2 Å². The maximum absolute atomic E-state index is 13.3. The van der Waals surface area contributed by atoms with Gasteiger partial charge in [0, 0.05) is 12.7 Å². The fourth-order valence-electron chi connectivity index (χ4n) is 2.59. The van der Waals surface area contributed by atoms with Gasteiger partial charge in [-0.25, -0.2) is 12.8 Å². The number of anilines is 1. The zero-order chi connectivity index (χ0) is 21.0. The lowest BCUT2D eigenvalue weighted by Crippen LogP contribution is -2.26. The summed E-state index contributed by atoms with van der Waals surface area (Å²) < 4.78 is 41.4. The fourth-order valence-corrected chi connectivity index (χ4v) is 4.11. The van der Waals surface area contributed by atoms with Crippen LogP contribution in [0, 0.1) is 12.7 Å². The Balaban J connectivity index is 1.83. The molecule has 3 aromatic rings. The van der Waals surface area contributed by atoms with E-state index < -0.39 is 21.7 Å². The topological polar surface area (TPSA) is 88.2 Å². The lowest BCUT2D eigenvalue weighted by molar-refractivity contribution is 0.0947. The number of nitrogens with zero attached hydrogens (tertiary/aromatic N) is 1. The Bertz CT molecular complexity index is 1170. The molecule has 0 radical (unpaired) electrons. The monoisotopic (exact) mass is 433 g/mol. The van der Waals surface area contributed by atoms with Crippen LogP contribution in [0.4, 0.5) is 10.1 Å². The van der Waals surface area contributed by atoms with Crippen LogP contribution in [0.3, 0.4) is 0 Å². The first-order valence-corrected chi connectivity index (χ1v) is 10.4. The van der Waals surface area contributed by atoms with Crippen LogP contribution in [0.2, 0.25) is 5.02 Å². The minimum Gasteiger partial charge on any atom is -0.348 e. The third-order valence-corrected chi connectivity index (χ3v) is 5.85. The summed E-state index contributed by atoms with van der Waals surface area (Å²) in [5.41, 5.74) is 1.58. The normalized spacial score (nSPS) is 11.1. The van der Waals surface area contributed by atoms with E-state index in [1.807, 2.05) is 0 Å². The van der Waals surface area contributed by atoms with Gasteiger partial charge in [0.25, 0.3) is 15.9 Å². The van der Waals surface area contributed by atoms with Gasteiger partial charge in [0.2, 0.25) is 0 Å². The molecule has 0 atom stereocenters. The Hall–Kier alpha value is -2.97. The summed E-state index contributed by atoms with van der Waals surface area (Å²) in [7, 11) is -4.03. The average Bonchev–Trinajstić information content (AvgIpc) is 2.70. The minimum absolute atomic E-state index is 0.0187. The number of amides is 1. The van der Waals surface area contributed by atoms with Gasteiger partial charge in [-0.1, -0.05) is 29.8 Å². The zero-order valence-electron chi connectivity index (χ0n) is 15.3. The van der Waals surface area contributed by atoms with Crippen LogP contribution in [0.15, 0.2) is 65.8 Å². The lowest BCUT2D eigenvalue weighted by atomic mass is 10.2. The van der Waals surface area contributed by atoms with Gasteiger partial charge < -0.3 is 5.32 Å². The zero-order valence-corrected chi connectivity index (χ0v) is 16.9. The van der Waals surface area contributed by atoms with Crippen molar-refractivity contribution in [2.24, 2.45) is 0 Å². The molecular weight excluding hydrogens is 417 g/mol. The summed E-state index contributed by atoms with van der Waals surface area (Å²) in [6.07, 6.45) is 2.95. The highest BCUT2D eigenvalue weighted by Gasteiger charge is 2.22. The van der Waals surface area contributed by atoms with Crippen molar-refractivity contribution in [1.29, 1.82) is 0 Å². The van der Waals surface area contributed by atoms with E-state index in [-0.39, 0.29) is 22.0 Å². The fraction of sp³-hybridized carbons (Fsp3) is 0.100.